The van der Waals surface area contributed by atoms with Crippen LogP contribution in [0.1, 0.15) is 0 Å². The van der Waals surface area contributed by atoms with Crippen molar-refractivity contribution >= 4 is 5.97 Å². The molecule has 0 aliphatic heterocycles. The lowest BCUT2D eigenvalue weighted by atomic mass is 10.3. The molecule has 0 spiro atoms. The van der Waals surface area contributed by atoms with E-state index in [1.807, 2.05) is 0 Å². The van der Waals surface area contributed by atoms with Crippen molar-refractivity contribution in [2.24, 2.45) is 5.73 Å². The summed E-state index contributed by atoms with van der Waals surface area (Å²) in [6, 6.07) is 0.837. The molecule has 0 saturated carbocycles. The zero-order valence-corrected chi connectivity index (χ0v) is 5.84. The van der Waals surface area contributed by atoms with Gasteiger partial charge in [0.2, 0.25) is 0 Å². The molecule has 60 valence electrons. The maximum Gasteiger partial charge on any atom is 0.322 e. The summed E-state index contributed by atoms with van der Waals surface area (Å²) in [5, 5.41) is 12.2. The van der Waals surface area contributed by atoms with Crippen LogP contribution in [0.25, 0.3) is 0 Å². The highest BCUT2D eigenvalue weighted by atomic mass is 16.4. The topological polar surface area (TPSA) is 81.1 Å². The molecule has 0 saturated heterocycles. The Bertz CT molecular complexity index is 232. The molecular weight excluding hydrogens is 146 g/mol. The standard InChI is InChI=1S/C6H9N3O2/c7-5(6(10)11)4-9-3-1-2-8-9/h1-3,5H,4,7H2,(H,10,11)/t5-/m1/s1. The van der Waals surface area contributed by atoms with Gasteiger partial charge in [-0.1, -0.05) is 0 Å². The minimum absolute atomic E-state index is 0.211. The molecular formula is C6H9N3O2. The van der Waals surface area contributed by atoms with E-state index in [1.165, 1.54) is 4.68 Å². The third-order valence-electron chi connectivity index (χ3n) is 1.26. The third kappa shape index (κ3) is 2.05. The normalized spacial score (nSPS) is 12.8. The van der Waals surface area contributed by atoms with Crippen LogP contribution in [-0.2, 0) is 11.3 Å². The first kappa shape index (κ1) is 7.74. The Kier molecular flexibility index (Phi) is 2.22. The highest BCUT2D eigenvalue weighted by molar-refractivity contribution is 5.72. The van der Waals surface area contributed by atoms with Crippen LogP contribution < -0.4 is 5.73 Å². The summed E-state index contributed by atoms with van der Waals surface area (Å²) in [6.45, 7) is 0.211. The average molecular weight is 155 g/mol. The van der Waals surface area contributed by atoms with E-state index in [9.17, 15) is 4.79 Å². The van der Waals surface area contributed by atoms with Crippen molar-refractivity contribution < 1.29 is 9.90 Å². The fourth-order valence-electron chi connectivity index (χ4n) is 0.688. The Hall–Kier alpha value is -1.36. The molecule has 1 aromatic heterocycles. The van der Waals surface area contributed by atoms with Crippen LogP contribution in [0.4, 0.5) is 0 Å². The minimum Gasteiger partial charge on any atom is -0.480 e. The second kappa shape index (κ2) is 3.16. The van der Waals surface area contributed by atoms with Crippen molar-refractivity contribution in [2.45, 2.75) is 12.6 Å². The second-order valence-electron chi connectivity index (χ2n) is 2.17. The van der Waals surface area contributed by atoms with Gasteiger partial charge in [0, 0.05) is 12.4 Å². The minimum atomic E-state index is -1.01. The largest absolute Gasteiger partial charge is 0.480 e. The summed E-state index contributed by atoms with van der Waals surface area (Å²) in [4.78, 5) is 10.3. The van der Waals surface area contributed by atoms with Gasteiger partial charge in [-0.25, -0.2) is 0 Å². The van der Waals surface area contributed by atoms with Crippen LogP contribution in [0.15, 0.2) is 18.5 Å². The average Bonchev–Trinajstić information content (AvgIpc) is 2.39. The van der Waals surface area contributed by atoms with Gasteiger partial charge in [-0.3, -0.25) is 9.48 Å². The van der Waals surface area contributed by atoms with Gasteiger partial charge in [0.05, 0.1) is 6.54 Å². The molecule has 0 aliphatic carbocycles. The van der Waals surface area contributed by atoms with E-state index >= 15 is 0 Å². The summed E-state index contributed by atoms with van der Waals surface area (Å²) >= 11 is 0. The molecule has 0 radical (unpaired) electrons. The zero-order chi connectivity index (χ0) is 8.27. The lowest BCUT2D eigenvalue weighted by molar-refractivity contribution is -0.138. The number of nitrogens with zero attached hydrogens (tertiary/aromatic N) is 2. The van der Waals surface area contributed by atoms with E-state index in [2.05, 4.69) is 5.10 Å². The van der Waals surface area contributed by atoms with Crippen LogP contribution in [0.2, 0.25) is 0 Å². The van der Waals surface area contributed by atoms with Gasteiger partial charge in [-0.15, -0.1) is 0 Å². The molecule has 5 heteroatoms. The lowest BCUT2D eigenvalue weighted by Gasteiger charge is -2.04. The van der Waals surface area contributed by atoms with Gasteiger partial charge >= 0.3 is 5.97 Å². The molecule has 1 atom stereocenters. The first-order valence-corrected chi connectivity index (χ1v) is 3.16. The fourth-order valence-corrected chi connectivity index (χ4v) is 0.688. The highest BCUT2D eigenvalue weighted by Gasteiger charge is 2.11. The smallest absolute Gasteiger partial charge is 0.322 e. The molecule has 5 nitrogen and oxygen atoms in total. The van der Waals surface area contributed by atoms with E-state index in [1.54, 1.807) is 18.5 Å². The van der Waals surface area contributed by atoms with Gasteiger partial charge in [0.15, 0.2) is 0 Å². The number of carboxylic acid groups (broad SMARTS) is 1. The Balaban J connectivity index is 2.50. The number of hydrogen-bond donors (Lipinski definition) is 2. The van der Waals surface area contributed by atoms with Crippen LogP contribution in [0.5, 0.6) is 0 Å². The monoisotopic (exact) mass is 155 g/mol. The predicted molar refractivity (Wildman–Crippen MR) is 37.8 cm³/mol. The Labute approximate surface area is 63.4 Å². The second-order valence-corrected chi connectivity index (χ2v) is 2.17. The van der Waals surface area contributed by atoms with Gasteiger partial charge in [0.1, 0.15) is 6.04 Å². The van der Waals surface area contributed by atoms with Crippen LogP contribution in [-0.4, -0.2) is 26.9 Å². The van der Waals surface area contributed by atoms with Gasteiger partial charge in [-0.2, -0.15) is 5.10 Å². The van der Waals surface area contributed by atoms with Gasteiger partial charge in [-0.05, 0) is 6.07 Å². The fraction of sp³-hybridized carbons (Fsp3) is 0.333. The summed E-state index contributed by atoms with van der Waals surface area (Å²) < 4.78 is 1.48. The Morgan fingerprint density at radius 2 is 2.55 bits per heavy atom. The summed E-state index contributed by atoms with van der Waals surface area (Å²) in [5.74, 6) is -1.01. The van der Waals surface area contributed by atoms with E-state index < -0.39 is 12.0 Å². The summed E-state index contributed by atoms with van der Waals surface area (Å²) in [7, 11) is 0. The van der Waals surface area contributed by atoms with E-state index in [4.69, 9.17) is 10.8 Å². The zero-order valence-electron chi connectivity index (χ0n) is 5.84. The van der Waals surface area contributed by atoms with Crippen LogP contribution in [0, 0.1) is 0 Å². The van der Waals surface area contributed by atoms with Crippen LogP contribution >= 0.6 is 0 Å². The molecule has 11 heavy (non-hydrogen) atoms. The predicted octanol–water partition coefficient (Wildman–Crippen LogP) is -0.705. The van der Waals surface area contributed by atoms with E-state index in [-0.39, 0.29) is 6.54 Å². The van der Waals surface area contributed by atoms with Crippen LogP contribution in [0.3, 0.4) is 0 Å². The number of carboxylic acids is 1. The molecule has 0 bridgehead atoms. The Morgan fingerprint density at radius 3 is 3.00 bits per heavy atom. The van der Waals surface area contributed by atoms with Crippen molar-refractivity contribution in [1.29, 1.82) is 0 Å². The number of aliphatic carboxylic acids is 1. The highest BCUT2D eigenvalue weighted by Crippen LogP contribution is 1.87. The van der Waals surface area contributed by atoms with Gasteiger partial charge in [0.25, 0.3) is 0 Å². The maximum absolute atomic E-state index is 10.3. The molecule has 0 fully saturated rings. The summed E-state index contributed by atoms with van der Waals surface area (Å²) in [6.07, 6.45) is 3.25. The Morgan fingerprint density at radius 1 is 1.82 bits per heavy atom. The SMILES string of the molecule is N[C@H](Cn1cccn1)C(=O)O. The van der Waals surface area contributed by atoms with Crippen molar-refractivity contribution in [3.63, 3.8) is 0 Å². The first-order valence-electron chi connectivity index (χ1n) is 3.16. The molecule has 0 unspecified atom stereocenters. The van der Waals surface area contributed by atoms with E-state index in [0.717, 1.165) is 0 Å². The number of hydrogen-bond acceptors (Lipinski definition) is 3. The van der Waals surface area contributed by atoms with E-state index in [0.29, 0.717) is 0 Å². The molecule has 1 rings (SSSR count). The number of carbonyl (C=O) groups is 1. The summed E-state index contributed by atoms with van der Waals surface area (Å²) in [5.41, 5.74) is 5.25. The van der Waals surface area contributed by atoms with Crippen molar-refractivity contribution in [3.05, 3.63) is 18.5 Å². The molecule has 0 aliphatic rings. The third-order valence-corrected chi connectivity index (χ3v) is 1.26. The quantitative estimate of drug-likeness (QED) is 0.604. The van der Waals surface area contributed by atoms with Gasteiger partial charge < -0.3 is 10.8 Å². The molecule has 1 aromatic rings. The lowest BCUT2D eigenvalue weighted by Crippen LogP contribution is -2.34. The number of rotatable bonds is 3. The van der Waals surface area contributed by atoms with Crippen molar-refractivity contribution in [2.75, 3.05) is 0 Å². The first-order chi connectivity index (χ1) is 5.20. The van der Waals surface area contributed by atoms with Crippen molar-refractivity contribution in [3.8, 4) is 0 Å². The molecule has 3 N–H and O–H groups in total. The number of aromatic nitrogens is 2. The number of nitrogens with two attached hydrogens (primary N) is 1. The molecule has 0 amide bonds. The molecule has 1 heterocycles. The van der Waals surface area contributed by atoms with Crippen molar-refractivity contribution in [1.82, 2.24) is 9.78 Å². The molecule has 0 aromatic carbocycles. The maximum atomic E-state index is 10.3.